The molecule has 5 fully saturated rings. The van der Waals surface area contributed by atoms with Crippen LogP contribution in [0.25, 0.3) is 0 Å². The minimum atomic E-state index is -0.758. The van der Waals surface area contributed by atoms with Gasteiger partial charge in [0.1, 0.15) is 41.5 Å². The minimum absolute atomic E-state index is 0.102. The van der Waals surface area contributed by atoms with E-state index in [2.05, 4.69) is 27.7 Å². The zero-order chi connectivity index (χ0) is 35.9. The van der Waals surface area contributed by atoms with Crippen LogP contribution < -0.4 is 0 Å². The zero-order valence-corrected chi connectivity index (χ0v) is 32.9. The second-order valence-electron chi connectivity index (χ2n) is 16.7. The van der Waals surface area contributed by atoms with Gasteiger partial charge in [0.25, 0.3) is 0 Å². The van der Waals surface area contributed by atoms with Gasteiger partial charge in [-0.15, -0.1) is 0 Å². The van der Waals surface area contributed by atoms with Crippen molar-refractivity contribution < 1.29 is 42.8 Å². The van der Waals surface area contributed by atoms with Crippen molar-refractivity contribution in [3.05, 3.63) is 11.1 Å². The van der Waals surface area contributed by atoms with Crippen molar-refractivity contribution in [2.45, 2.75) is 178 Å². The van der Waals surface area contributed by atoms with Gasteiger partial charge in [0.2, 0.25) is 0 Å². The van der Waals surface area contributed by atoms with Gasteiger partial charge in [-0.05, 0) is 43.1 Å². The molecule has 3 aliphatic carbocycles. The van der Waals surface area contributed by atoms with E-state index in [1.165, 1.54) is 98.6 Å². The molecule has 0 aromatic carbocycles. The molecule has 9 atom stereocenters. The van der Waals surface area contributed by atoms with E-state index in [0.717, 1.165) is 36.8 Å². The Morgan fingerprint density at radius 2 is 1.47 bits per heavy atom. The van der Waals surface area contributed by atoms with Gasteiger partial charge >= 0.3 is 17.9 Å². The van der Waals surface area contributed by atoms with Gasteiger partial charge in [0.15, 0.2) is 11.7 Å². The average Bonchev–Trinajstić information content (AvgIpc) is 4.03. The Morgan fingerprint density at radius 1 is 0.843 bits per heavy atom. The monoisotopic (exact) mass is 748 g/mol. The highest BCUT2D eigenvalue weighted by atomic mass is 33.1. The Hall–Kier alpha value is -1.27. The Morgan fingerprint density at radius 3 is 2.12 bits per heavy atom. The molecule has 0 amide bonds. The smallest absolute Gasteiger partial charge is 0.334 e. The second kappa shape index (κ2) is 15.5. The molecule has 51 heavy (non-hydrogen) atoms. The summed E-state index contributed by atoms with van der Waals surface area (Å²) in [6.07, 6.45) is 19.3. The third-order valence-electron chi connectivity index (χ3n) is 13.5. The number of carbonyl (C=O) groups excluding carboxylic acids is 3. The van der Waals surface area contributed by atoms with E-state index in [9.17, 15) is 14.4 Å². The maximum absolute atomic E-state index is 13.4. The molecule has 11 heteroatoms. The Bertz CT molecular complexity index is 1350. The van der Waals surface area contributed by atoms with Crippen LogP contribution in [-0.2, 0) is 42.8 Å². The predicted molar refractivity (Wildman–Crippen MR) is 197 cm³/mol. The molecular formula is C40H60O9S2. The number of ether oxygens (including phenoxy) is 6. The van der Waals surface area contributed by atoms with E-state index in [0.29, 0.717) is 19.6 Å². The van der Waals surface area contributed by atoms with Crippen molar-refractivity contribution in [2.75, 3.05) is 24.7 Å². The lowest BCUT2D eigenvalue weighted by Crippen LogP contribution is -2.70. The summed E-state index contributed by atoms with van der Waals surface area (Å²) in [7, 11) is 2.65. The van der Waals surface area contributed by atoms with Crippen LogP contribution in [0, 0.1) is 17.3 Å². The van der Waals surface area contributed by atoms with Crippen LogP contribution in [-0.4, -0.2) is 83.8 Å². The van der Waals surface area contributed by atoms with Gasteiger partial charge in [-0.2, -0.15) is 0 Å². The summed E-state index contributed by atoms with van der Waals surface area (Å²) < 4.78 is 37.3. The van der Waals surface area contributed by atoms with Crippen LogP contribution in [0.4, 0.5) is 0 Å². The van der Waals surface area contributed by atoms with Crippen LogP contribution in [0.3, 0.4) is 0 Å². The van der Waals surface area contributed by atoms with Crippen LogP contribution in [0.1, 0.15) is 137 Å². The molecule has 4 aliphatic heterocycles. The summed E-state index contributed by atoms with van der Waals surface area (Å²) in [5.41, 5.74) is -0.356. The summed E-state index contributed by atoms with van der Waals surface area (Å²) in [6, 6.07) is 0. The summed E-state index contributed by atoms with van der Waals surface area (Å²) >= 11 is 0. The lowest BCUT2D eigenvalue weighted by atomic mass is 9.46. The molecule has 0 unspecified atom stereocenters. The number of carbonyl (C=O) groups is 3. The molecule has 7 aliphatic rings. The first kappa shape index (κ1) is 38.0. The van der Waals surface area contributed by atoms with Gasteiger partial charge in [-0.25, -0.2) is 4.79 Å². The highest BCUT2D eigenvalue weighted by Crippen LogP contribution is 2.83. The largest absolute Gasteiger partial charge is 0.465 e. The van der Waals surface area contributed by atoms with Crippen LogP contribution >= 0.6 is 21.6 Å². The Labute approximate surface area is 312 Å². The fourth-order valence-electron chi connectivity index (χ4n) is 10.7. The zero-order valence-electron chi connectivity index (χ0n) is 31.3. The number of epoxide rings is 3. The van der Waals surface area contributed by atoms with Crippen molar-refractivity contribution in [1.29, 1.82) is 0 Å². The molecule has 2 spiro atoms. The molecule has 0 aromatic heterocycles. The molecule has 0 aromatic rings. The molecule has 0 radical (unpaired) electrons. The number of hydrogen-bond acceptors (Lipinski definition) is 11. The normalized spacial score (nSPS) is 37.7. The predicted octanol–water partition coefficient (Wildman–Crippen LogP) is 8.06. The van der Waals surface area contributed by atoms with Gasteiger partial charge in [-0.3, -0.25) is 9.59 Å². The summed E-state index contributed by atoms with van der Waals surface area (Å²) in [5.74, 6) is -0.228. The van der Waals surface area contributed by atoms with Crippen LogP contribution in [0.2, 0.25) is 0 Å². The van der Waals surface area contributed by atoms with Gasteiger partial charge < -0.3 is 28.4 Å². The molecule has 7 rings (SSSR count). The highest BCUT2D eigenvalue weighted by Gasteiger charge is 3.01. The average molecular weight is 749 g/mol. The topological polar surface area (TPSA) is 116 Å². The van der Waals surface area contributed by atoms with Crippen LogP contribution in [0.15, 0.2) is 11.1 Å². The third-order valence-corrected chi connectivity index (χ3v) is 15.6. The molecule has 2 saturated carbocycles. The van der Waals surface area contributed by atoms with E-state index in [-0.39, 0.29) is 65.0 Å². The first-order valence-electron chi connectivity index (χ1n) is 20.2. The van der Waals surface area contributed by atoms with E-state index < -0.39 is 22.9 Å². The number of cyclic esters (lactones) is 1. The summed E-state index contributed by atoms with van der Waals surface area (Å²) in [5, 5.41) is 0. The molecular weight excluding hydrogens is 689 g/mol. The summed E-state index contributed by atoms with van der Waals surface area (Å²) in [4.78, 5) is 38.2. The van der Waals surface area contributed by atoms with E-state index in [1.807, 2.05) is 0 Å². The quantitative estimate of drug-likeness (QED) is 0.0352. The molecule has 0 N–H and O–H groups in total. The van der Waals surface area contributed by atoms with Crippen molar-refractivity contribution in [3.8, 4) is 0 Å². The van der Waals surface area contributed by atoms with Crippen molar-refractivity contribution in [2.24, 2.45) is 17.3 Å². The number of fused-ring (bicyclic) bond motifs is 4. The lowest BCUT2D eigenvalue weighted by molar-refractivity contribution is -0.166. The highest BCUT2D eigenvalue weighted by molar-refractivity contribution is 8.77. The molecule has 0 bridgehead atoms. The first-order chi connectivity index (χ1) is 24.7. The molecule has 4 heterocycles. The third kappa shape index (κ3) is 6.63. The van der Waals surface area contributed by atoms with Gasteiger partial charge in [-0.1, -0.05) is 133 Å². The number of rotatable bonds is 22. The summed E-state index contributed by atoms with van der Waals surface area (Å²) in [6.45, 7) is 9.59. The van der Waals surface area contributed by atoms with Gasteiger partial charge in [0, 0.05) is 11.0 Å². The number of esters is 3. The fourth-order valence-corrected chi connectivity index (χ4v) is 12.3. The van der Waals surface area contributed by atoms with Gasteiger partial charge in [0.05, 0.1) is 12.7 Å². The Kier molecular flexibility index (Phi) is 11.5. The molecule has 9 nitrogen and oxygen atoms in total. The number of unbranched alkanes of at least 4 members (excludes halogenated alkanes) is 13. The second-order valence-corrected chi connectivity index (χ2v) is 19.2. The maximum Gasteiger partial charge on any atom is 0.334 e. The van der Waals surface area contributed by atoms with Crippen molar-refractivity contribution in [1.82, 2.24) is 0 Å². The maximum atomic E-state index is 13.4. The SMILES string of the molecule is CCCCCCCCCCCCCCCCOC(=O)CSSCC(=O)O[C@@H]1[C@@]2(C(C)C)O[C@H]2[C@@H]2O[C@]23[C@]12O[C@H]2C[C@H]1C2=C(CC[C@@]13C)C(=O)OC2. The molecule has 3 saturated heterocycles. The van der Waals surface area contributed by atoms with Crippen molar-refractivity contribution in [3.63, 3.8) is 0 Å². The van der Waals surface area contributed by atoms with E-state index >= 15 is 0 Å². The molecule has 286 valence electrons. The van der Waals surface area contributed by atoms with Crippen molar-refractivity contribution >= 4 is 39.5 Å². The van der Waals surface area contributed by atoms with E-state index in [1.54, 1.807) is 0 Å². The minimum Gasteiger partial charge on any atom is -0.465 e. The van der Waals surface area contributed by atoms with E-state index in [4.69, 9.17) is 28.4 Å². The van der Waals surface area contributed by atoms with Crippen LogP contribution in [0.5, 0.6) is 0 Å². The number of hydrogen-bond donors (Lipinski definition) is 0. The fraction of sp³-hybridized carbons (Fsp3) is 0.875. The lowest BCUT2D eigenvalue weighted by Gasteiger charge is -2.53. The first-order valence-corrected chi connectivity index (χ1v) is 22.7. The standard InChI is InChI=1S/C40H60O9S2/c1-5-6-7-8-9-10-11-12-13-14-15-16-17-18-21-44-31(41)24-50-51-25-32(42)46-36-38(26(2)3)33(48-38)34-40(49-34)37(4)20-19-27-28(23-45-35(27)43)29(37)22-30-39(36,40)47-30/h26,29-30,33-34,36H,5-25H2,1-4H3/t29-,30-,33-,34-,36+,37-,38-,39+,40+/m0/s1. The Balaban J connectivity index is 0.808.